The Kier molecular flexibility index (Phi) is 4.38. The van der Waals surface area contributed by atoms with Gasteiger partial charge in [0.2, 0.25) is 0 Å². The van der Waals surface area contributed by atoms with Crippen LogP contribution in [-0.2, 0) is 4.79 Å². The Balaban J connectivity index is 1.83. The number of fused-ring (bicyclic) bond motifs is 5. The molecule has 0 bridgehead atoms. The first kappa shape index (κ1) is 17.1. The first-order valence-corrected chi connectivity index (χ1v) is 10.3. The van der Waals surface area contributed by atoms with Crippen LogP contribution in [0.5, 0.6) is 0 Å². The van der Waals surface area contributed by atoms with Gasteiger partial charge in [-0.25, -0.2) is 0 Å². The number of carbonyl (C=O) groups excluding carboxylic acids is 1. The van der Waals surface area contributed by atoms with Crippen molar-refractivity contribution in [2.45, 2.75) is 70.6 Å². The van der Waals surface area contributed by atoms with E-state index >= 15 is 0 Å². The van der Waals surface area contributed by atoms with E-state index in [-0.39, 0.29) is 5.41 Å². The molecule has 0 radical (unpaired) electrons. The van der Waals surface area contributed by atoms with Gasteiger partial charge in [0.15, 0.2) is 0 Å². The lowest BCUT2D eigenvalue weighted by atomic mass is 9.50. The van der Waals surface area contributed by atoms with Gasteiger partial charge in [0.25, 0.3) is 0 Å². The van der Waals surface area contributed by atoms with E-state index in [9.17, 15) is 4.79 Å². The second-order valence-corrected chi connectivity index (χ2v) is 8.92. The zero-order chi connectivity index (χ0) is 17.6. The molecule has 2 unspecified atom stereocenters. The maximum Gasteiger partial charge on any atom is 0.139 e. The molecule has 25 heavy (non-hydrogen) atoms. The number of hydrogen-bond donors (Lipinski definition) is 0. The van der Waals surface area contributed by atoms with Gasteiger partial charge in [0, 0.05) is 11.8 Å². The molecule has 1 heteroatoms. The minimum Gasteiger partial charge on any atom is -0.299 e. The lowest BCUT2D eigenvalue weighted by Crippen LogP contribution is -2.47. The van der Waals surface area contributed by atoms with Crippen molar-refractivity contribution >= 4 is 5.78 Å². The molecule has 3 aliphatic rings. The largest absolute Gasteiger partial charge is 0.299 e. The molecule has 2 fully saturated rings. The molecule has 0 aromatic heterocycles. The molecule has 2 saturated carbocycles. The van der Waals surface area contributed by atoms with Crippen LogP contribution < -0.4 is 0 Å². The summed E-state index contributed by atoms with van der Waals surface area (Å²) in [5.41, 5.74) is 3.13. The average Bonchev–Trinajstić information content (AvgIpc) is 2.93. The predicted molar refractivity (Wildman–Crippen MR) is 104 cm³/mol. The van der Waals surface area contributed by atoms with Gasteiger partial charge < -0.3 is 0 Å². The van der Waals surface area contributed by atoms with Gasteiger partial charge in [-0.3, -0.25) is 4.79 Å². The van der Waals surface area contributed by atoms with Crippen LogP contribution in [0.4, 0.5) is 0 Å². The van der Waals surface area contributed by atoms with Crippen molar-refractivity contribution in [1.29, 1.82) is 0 Å². The molecule has 0 N–H and O–H groups in total. The standard InChI is InChI=1S/C24H32O/c1-4-8-16-17-10-6-7-11-18(17)20-14-15-24(3)21(12-13-22(24)25)23(20)19(16)9-5-2/h4,6-7,10-11,16,19-21,23H,1,5,8-9,12-15H2,2-3H3/t16?,19?,20-,21+,23-,24+/m1/s1. The summed E-state index contributed by atoms with van der Waals surface area (Å²) in [6.45, 7) is 8.67. The van der Waals surface area contributed by atoms with Crippen LogP contribution in [0.15, 0.2) is 36.9 Å². The third kappa shape index (κ3) is 2.46. The Labute approximate surface area is 152 Å². The fraction of sp³-hybridized carbons (Fsp3) is 0.625. The molecule has 6 atom stereocenters. The lowest BCUT2D eigenvalue weighted by Gasteiger charge is -2.54. The number of carbonyl (C=O) groups is 1. The fourth-order valence-corrected chi connectivity index (χ4v) is 6.82. The molecule has 0 amide bonds. The third-order valence-corrected chi connectivity index (χ3v) is 7.89. The first-order valence-electron chi connectivity index (χ1n) is 10.3. The number of hydrogen-bond acceptors (Lipinski definition) is 1. The van der Waals surface area contributed by atoms with Crippen LogP contribution in [0.2, 0.25) is 0 Å². The van der Waals surface area contributed by atoms with Crippen LogP contribution in [0, 0.1) is 23.2 Å². The zero-order valence-corrected chi connectivity index (χ0v) is 15.8. The Hall–Kier alpha value is -1.37. The van der Waals surface area contributed by atoms with Crippen molar-refractivity contribution < 1.29 is 4.79 Å². The van der Waals surface area contributed by atoms with E-state index in [1.807, 2.05) is 0 Å². The van der Waals surface area contributed by atoms with Crippen LogP contribution in [0.1, 0.15) is 81.8 Å². The average molecular weight is 337 g/mol. The Morgan fingerprint density at radius 1 is 1.24 bits per heavy atom. The van der Waals surface area contributed by atoms with E-state index in [1.165, 1.54) is 19.3 Å². The maximum atomic E-state index is 12.7. The molecule has 0 heterocycles. The highest BCUT2D eigenvalue weighted by molar-refractivity contribution is 5.87. The molecular formula is C24H32O. The summed E-state index contributed by atoms with van der Waals surface area (Å²) in [6, 6.07) is 9.18. The van der Waals surface area contributed by atoms with Crippen molar-refractivity contribution in [3.8, 4) is 0 Å². The second-order valence-electron chi connectivity index (χ2n) is 8.92. The number of Topliss-reactive ketones (excluding diaryl/α,β-unsaturated/α-hetero) is 1. The second kappa shape index (κ2) is 6.41. The van der Waals surface area contributed by atoms with Crippen molar-refractivity contribution in [3.63, 3.8) is 0 Å². The van der Waals surface area contributed by atoms with Gasteiger partial charge >= 0.3 is 0 Å². The lowest BCUT2D eigenvalue weighted by molar-refractivity contribution is -0.130. The minimum atomic E-state index is -0.0435. The molecular weight excluding hydrogens is 304 g/mol. The van der Waals surface area contributed by atoms with E-state index in [0.717, 1.165) is 25.7 Å². The van der Waals surface area contributed by atoms with Crippen LogP contribution >= 0.6 is 0 Å². The predicted octanol–water partition coefficient (Wildman–Crippen LogP) is 6.26. The van der Waals surface area contributed by atoms with Gasteiger partial charge in [-0.15, -0.1) is 6.58 Å². The third-order valence-electron chi connectivity index (χ3n) is 7.89. The summed E-state index contributed by atoms with van der Waals surface area (Å²) in [5.74, 6) is 3.79. The van der Waals surface area contributed by atoms with E-state index in [1.54, 1.807) is 11.1 Å². The highest BCUT2D eigenvalue weighted by Gasteiger charge is 2.57. The van der Waals surface area contributed by atoms with E-state index in [4.69, 9.17) is 0 Å². The number of allylic oxidation sites excluding steroid dienone is 1. The van der Waals surface area contributed by atoms with Gasteiger partial charge in [-0.05, 0) is 72.8 Å². The summed E-state index contributed by atoms with van der Waals surface area (Å²) >= 11 is 0. The number of benzene rings is 1. The highest BCUT2D eigenvalue weighted by atomic mass is 16.1. The Morgan fingerprint density at radius 3 is 2.72 bits per heavy atom. The van der Waals surface area contributed by atoms with Crippen LogP contribution in [0.3, 0.4) is 0 Å². The number of rotatable bonds is 4. The monoisotopic (exact) mass is 336 g/mol. The SMILES string of the molecule is C=CCC1c2ccccc2[C@H]2CC[C@]3(C)C(=O)CC[C@H]3[C@@H]2C1CCC. The molecule has 0 spiro atoms. The molecule has 1 aromatic carbocycles. The fourth-order valence-electron chi connectivity index (χ4n) is 6.82. The topological polar surface area (TPSA) is 17.1 Å². The minimum absolute atomic E-state index is 0.0435. The summed E-state index contributed by atoms with van der Waals surface area (Å²) < 4.78 is 0. The van der Waals surface area contributed by atoms with Crippen molar-refractivity contribution in [2.24, 2.45) is 23.2 Å². The molecule has 134 valence electrons. The van der Waals surface area contributed by atoms with Crippen molar-refractivity contribution in [3.05, 3.63) is 48.0 Å². The van der Waals surface area contributed by atoms with Crippen molar-refractivity contribution in [1.82, 2.24) is 0 Å². The van der Waals surface area contributed by atoms with Crippen molar-refractivity contribution in [2.75, 3.05) is 0 Å². The number of ketones is 1. The van der Waals surface area contributed by atoms with Gasteiger partial charge in [0.05, 0.1) is 0 Å². The smallest absolute Gasteiger partial charge is 0.139 e. The Bertz CT molecular complexity index is 674. The first-order chi connectivity index (χ1) is 12.1. The molecule has 1 aromatic rings. The van der Waals surface area contributed by atoms with Crippen LogP contribution in [-0.4, -0.2) is 5.78 Å². The van der Waals surface area contributed by atoms with E-state index in [2.05, 4.69) is 50.8 Å². The molecule has 4 rings (SSSR count). The summed E-state index contributed by atoms with van der Waals surface area (Å²) in [5, 5.41) is 0. The van der Waals surface area contributed by atoms with Gasteiger partial charge in [-0.1, -0.05) is 50.6 Å². The molecule has 0 saturated heterocycles. The quantitative estimate of drug-likeness (QED) is 0.593. The molecule has 0 aliphatic heterocycles. The summed E-state index contributed by atoms with van der Waals surface area (Å²) in [4.78, 5) is 12.7. The van der Waals surface area contributed by atoms with E-state index in [0.29, 0.717) is 35.4 Å². The Morgan fingerprint density at radius 2 is 2.00 bits per heavy atom. The normalized spacial score (nSPS) is 39.4. The maximum absolute atomic E-state index is 12.7. The molecule has 3 aliphatic carbocycles. The van der Waals surface area contributed by atoms with Gasteiger partial charge in [-0.2, -0.15) is 0 Å². The van der Waals surface area contributed by atoms with E-state index < -0.39 is 0 Å². The molecule has 1 nitrogen and oxygen atoms in total. The van der Waals surface area contributed by atoms with Gasteiger partial charge in [0.1, 0.15) is 5.78 Å². The summed E-state index contributed by atoms with van der Waals surface area (Å²) in [7, 11) is 0. The highest BCUT2D eigenvalue weighted by Crippen LogP contribution is 2.64. The van der Waals surface area contributed by atoms with Crippen LogP contribution in [0.25, 0.3) is 0 Å². The zero-order valence-electron chi connectivity index (χ0n) is 15.8. The summed E-state index contributed by atoms with van der Waals surface area (Å²) in [6.07, 6.45) is 9.94.